The van der Waals surface area contributed by atoms with Crippen molar-refractivity contribution in [3.63, 3.8) is 0 Å². The molecule has 1 aliphatic rings. The number of fused-ring (bicyclic) bond motifs is 1. The van der Waals surface area contributed by atoms with Crippen LogP contribution in [0.4, 0.5) is 5.69 Å². The third-order valence-corrected chi connectivity index (χ3v) is 3.21. The Morgan fingerprint density at radius 1 is 1.35 bits per heavy atom. The summed E-state index contributed by atoms with van der Waals surface area (Å²) >= 11 is 3.21. The average Bonchev–Trinajstić information content (AvgIpc) is 2.55. The maximum Gasteiger partial charge on any atom is 0.299 e. The molecule has 6 heteroatoms. The molecule has 0 saturated heterocycles. The summed E-state index contributed by atoms with van der Waals surface area (Å²) in [4.78, 5) is 24.6. The predicted molar refractivity (Wildman–Crippen MR) is 63.9 cm³/mol. The van der Waals surface area contributed by atoms with Gasteiger partial charge in [0, 0.05) is 4.47 Å². The molecule has 90 valence electrons. The van der Waals surface area contributed by atoms with Gasteiger partial charge < -0.3 is 15.1 Å². The molecule has 0 aromatic heterocycles. The number of β-amino-alcohol motifs (C(OH)–C–C–N with tert-alkyl or cyclic N) is 1. The van der Waals surface area contributed by atoms with Gasteiger partial charge in [-0.3, -0.25) is 9.59 Å². The fraction of sp³-hybridized carbons (Fsp3) is 0.273. The highest BCUT2D eigenvalue weighted by molar-refractivity contribution is 9.10. The van der Waals surface area contributed by atoms with Crippen molar-refractivity contribution in [2.24, 2.45) is 0 Å². The summed E-state index contributed by atoms with van der Waals surface area (Å²) in [5, 5.41) is 18.1. The fourth-order valence-corrected chi connectivity index (χ4v) is 2.29. The van der Waals surface area contributed by atoms with Crippen LogP contribution in [0, 0.1) is 0 Å². The summed E-state index contributed by atoms with van der Waals surface area (Å²) in [5.74, 6) is -1.28. The second kappa shape index (κ2) is 4.56. The lowest BCUT2D eigenvalue weighted by molar-refractivity contribution is -0.114. The van der Waals surface area contributed by atoms with Crippen LogP contribution in [0.25, 0.3) is 0 Å². The van der Waals surface area contributed by atoms with E-state index in [-0.39, 0.29) is 6.54 Å². The third-order valence-electron chi connectivity index (χ3n) is 2.55. The van der Waals surface area contributed by atoms with Crippen LogP contribution in [0.15, 0.2) is 22.7 Å². The van der Waals surface area contributed by atoms with E-state index < -0.39 is 24.4 Å². The molecule has 1 atom stereocenters. The quantitative estimate of drug-likeness (QED) is 0.789. The number of nitrogens with zero attached hydrogens (tertiary/aromatic N) is 1. The van der Waals surface area contributed by atoms with Gasteiger partial charge in [0.15, 0.2) is 0 Å². The minimum absolute atomic E-state index is 0.0927. The molecular weight excluding hydrogens is 290 g/mol. The monoisotopic (exact) mass is 299 g/mol. The van der Waals surface area contributed by atoms with Gasteiger partial charge in [-0.1, -0.05) is 6.07 Å². The number of hydrogen-bond acceptors (Lipinski definition) is 4. The maximum atomic E-state index is 11.7. The summed E-state index contributed by atoms with van der Waals surface area (Å²) in [6.45, 7) is -0.550. The van der Waals surface area contributed by atoms with Crippen LogP contribution < -0.4 is 4.90 Å². The van der Waals surface area contributed by atoms with E-state index in [0.717, 1.165) is 0 Å². The van der Waals surface area contributed by atoms with E-state index >= 15 is 0 Å². The Morgan fingerprint density at radius 3 is 2.71 bits per heavy atom. The highest BCUT2D eigenvalue weighted by Crippen LogP contribution is 2.34. The molecule has 0 radical (unpaired) electrons. The number of Topliss-reactive ketones (excluding diaryl/α,β-unsaturated/α-hetero) is 1. The van der Waals surface area contributed by atoms with Gasteiger partial charge in [0.1, 0.15) is 0 Å². The van der Waals surface area contributed by atoms with Crippen LogP contribution in [0.5, 0.6) is 0 Å². The van der Waals surface area contributed by atoms with E-state index in [9.17, 15) is 14.7 Å². The van der Waals surface area contributed by atoms with E-state index in [1.165, 1.54) is 4.90 Å². The van der Waals surface area contributed by atoms with Gasteiger partial charge in [-0.25, -0.2) is 0 Å². The van der Waals surface area contributed by atoms with Crippen molar-refractivity contribution in [3.8, 4) is 0 Å². The number of hydrogen-bond donors (Lipinski definition) is 2. The first-order chi connectivity index (χ1) is 8.06. The minimum atomic E-state index is -1.06. The molecule has 2 N–H and O–H groups in total. The van der Waals surface area contributed by atoms with Crippen LogP contribution >= 0.6 is 15.9 Å². The number of rotatable bonds is 3. The highest BCUT2D eigenvalue weighted by Gasteiger charge is 2.37. The van der Waals surface area contributed by atoms with Crippen molar-refractivity contribution in [1.29, 1.82) is 0 Å². The van der Waals surface area contributed by atoms with Gasteiger partial charge >= 0.3 is 0 Å². The second-order valence-electron chi connectivity index (χ2n) is 3.72. The Morgan fingerprint density at radius 2 is 2.06 bits per heavy atom. The molecule has 1 unspecified atom stereocenters. The molecule has 1 aliphatic heterocycles. The smallest absolute Gasteiger partial charge is 0.299 e. The van der Waals surface area contributed by atoms with Crippen LogP contribution in [-0.2, 0) is 4.79 Å². The molecule has 0 spiro atoms. The lowest BCUT2D eigenvalue weighted by Gasteiger charge is -2.19. The zero-order chi connectivity index (χ0) is 12.6. The van der Waals surface area contributed by atoms with Gasteiger partial charge in [0.25, 0.3) is 11.7 Å². The Bertz CT molecular complexity index is 488. The Kier molecular flexibility index (Phi) is 3.28. The zero-order valence-corrected chi connectivity index (χ0v) is 10.3. The van der Waals surface area contributed by atoms with Crippen molar-refractivity contribution in [2.45, 2.75) is 6.10 Å². The Balaban J connectivity index is 2.42. The Labute approximate surface area is 106 Å². The Hall–Kier alpha value is -1.24. The lowest BCUT2D eigenvalue weighted by atomic mass is 10.1. The number of anilines is 1. The molecule has 2 rings (SSSR count). The number of carbonyl (C=O) groups excluding carboxylic acids is 2. The van der Waals surface area contributed by atoms with E-state index in [1.807, 2.05) is 0 Å². The molecule has 0 fully saturated rings. The summed E-state index contributed by atoms with van der Waals surface area (Å²) in [7, 11) is 0. The van der Waals surface area contributed by atoms with E-state index in [4.69, 9.17) is 5.11 Å². The van der Waals surface area contributed by atoms with Crippen LogP contribution in [0.3, 0.4) is 0 Å². The third kappa shape index (κ3) is 1.99. The van der Waals surface area contributed by atoms with Gasteiger partial charge in [-0.05, 0) is 28.1 Å². The molecule has 1 amide bonds. The van der Waals surface area contributed by atoms with Gasteiger partial charge in [0.2, 0.25) is 0 Å². The van der Waals surface area contributed by atoms with Crippen LogP contribution in [0.1, 0.15) is 10.4 Å². The number of benzene rings is 1. The summed E-state index contributed by atoms with van der Waals surface area (Å²) < 4.78 is 0.550. The molecule has 17 heavy (non-hydrogen) atoms. The number of aliphatic hydroxyl groups is 2. The molecule has 1 aromatic carbocycles. The van der Waals surface area contributed by atoms with Crippen LogP contribution in [0.2, 0.25) is 0 Å². The molecule has 1 aromatic rings. The SMILES string of the molecule is O=C1C(=O)N(CC(O)CO)c2cccc(Br)c21. The van der Waals surface area contributed by atoms with Gasteiger partial charge in [-0.15, -0.1) is 0 Å². The minimum Gasteiger partial charge on any atom is -0.394 e. The molecule has 1 heterocycles. The predicted octanol–water partition coefficient (Wildman–Crippen LogP) is 0.332. The first-order valence-electron chi connectivity index (χ1n) is 5.00. The molecule has 0 aliphatic carbocycles. The first kappa shape index (κ1) is 12.2. The average molecular weight is 300 g/mol. The van der Waals surface area contributed by atoms with E-state index in [2.05, 4.69) is 15.9 Å². The normalized spacial score (nSPS) is 16.3. The number of ketones is 1. The zero-order valence-electron chi connectivity index (χ0n) is 8.76. The number of aliphatic hydroxyl groups excluding tert-OH is 2. The largest absolute Gasteiger partial charge is 0.394 e. The molecule has 5 nitrogen and oxygen atoms in total. The summed E-state index contributed by atoms with van der Waals surface area (Å²) in [5.41, 5.74) is 0.768. The van der Waals surface area contributed by atoms with Crippen molar-refractivity contribution >= 4 is 33.3 Å². The standard InChI is InChI=1S/C11H10BrNO4/c12-7-2-1-3-8-9(7)10(16)11(17)13(8)4-6(15)5-14/h1-3,6,14-15H,4-5H2. The number of halogens is 1. The van der Waals surface area contributed by atoms with Gasteiger partial charge in [0.05, 0.1) is 30.5 Å². The molecular formula is C11H10BrNO4. The van der Waals surface area contributed by atoms with Gasteiger partial charge in [-0.2, -0.15) is 0 Å². The highest BCUT2D eigenvalue weighted by atomic mass is 79.9. The topological polar surface area (TPSA) is 77.8 Å². The lowest BCUT2D eigenvalue weighted by Crippen LogP contribution is -2.38. The first-order valence-corrected chi connectivity index (χ1v) is 5.79. The summed E-state index contributed by atoms with van der Waals surface area (Å²) in [6.07, 6.45) is -1.06. The summed E-state index contributed by atoms with van der Waals surface area (Å²) in [6, 6.07) is 5.01. The molecule has 0 saturated carbocycles. The van der Waals surface area contributed by atoms with Crippen molar-refractivity contribution in [3.05, 3.63) is 28.2 Å². The van der Waals surface area contributed by atoms with E-state index in [0.29, 0.717) is 15.7 Å². The van der Waals surface area contributed by atoms with Crippen molar-refractivity contribution in [1.82, 2.24) is 0 Å². The number of amides is 1. The van der Waals surface area contributed by atoms with Crippen molar-refractivity contribution < 1.29 is 19.8 Å². The van der Waals surface area contributed by atoms with Crippen molar-refractivity contribution in [2.75, 3.05) is 18.1 Å². The molecule has 0 bridgehead atoms. The van der Waals surface area contributed by atoms with Crippen LogP contribution in [-0.4, -0.2) is 41.2 Å². The second-order valence-corrected chi connectivity index (χ2v) is 4.57. The fourth-order valence-electron chi connectivity index (χ4n) is 1.75. The maximum absolute atomic E-state index is 11.7. The van der Waals surface area contributed by atoms with E-state index in [1.54, 1.807) is 18.2 Å². The number of carbonyl (C=O) groups is 2.